The average Bonchev–Trinajstić information content (AvgIpc) is 2.07. The third-order valence-corrected chi connectivity index (χ3v) is 1.90. The number of carbonyl (C=O) groups is 1. The van der Waals surface area contributed by atoms with Crippen molar-refractivity contribution in [2.75, 3.05) is 11.0 Å². The number of aliphatic hydroxyl groups is 1. The number of hydrogen-bond donors (Lipinski definition) is 2. The molecule has 0 heterocycles. The fourth-order valence-corrected chi connectivity index (χ4v) is 0.539. The Kier molecular flexibility index (Phi) is 16.8. The van der Waals surface area contributed by atoms with E-state index in [2.05, 4.69) is 12.7 Å². The number of hydrogen-bond acceptors (Lipinski definition) is 2. The second-order valence-electron chi connectivity index (χ2n) is 2.38. The summed E-state index contributed by atoms with van der Waals surface area (Å²) >= 11 is 1.90. The molecule has 0 unspecified atom stereocenters. The average molecular weight is 287 g/mol. The maximum Gasteiger partial charge on any atom is 0.227 e. The summed E-state index contributed by atoms with van der Waals surface area (Å²) < 4.78 is 0.414. The van der Waals surface area contributed by atoms with E-state index in [1.54, 1.807) is 0 Å². The van der Waals surface area contributed by atoms with Gasteiger partial charge in [0.2, 0.25) is 5.91 Å². The molecule has 3 N–H and O–H groups in total. The SMILES string of the molecule is CCCCCCO.NC(=O)CI. The van der Waals surface area contributed by atoms with Crippen LogP contribution in [0.15, 0.2) is 0 Å². The van der Waals surface area contributed by atoms with Gasteiger partial charge in [-0.3, -0.25) is 4.79 Å². The predicted molar refractivity (Wildman–Crippen MR) is 59.3 cm³/mol. The van der Waals surface area contributed by atoms with Gasteiger partial charge in [0.25, 0.3) is 0 Å². The van der Waals surface area contributed by atoms with Crippen molar-refractivity contribution in [3.63, 3.8) is 0 Å². The molecule has 74 valence electrons. The van der Waals surface area contributed by atoms with Gasteiger partial charge in [0.15, 0.2) is 0 Å². The van der Waals surface area contributed by atoms with E-state index in [0.717, 1.165) is 6.42 Å². The number of aliphatic hydroxyl groups excluding tert-OH is 1. The summed E-state index contributed by atoms with van der Waals surface area (Å²) in [6.45, 7) is 2.53. The Hall–Kier alpha value is 0.160. The smallest absolute Gasteiger partial charge is 0.227 e. The fourth-order valence-electron chi connectivity index (χ4n) is 0.539. The van der Waals surface area contributed by atoms with E-state index in [1.165, 1.54) is 19.3 Å². The van der Waals surface area contributed by atoms with Crippen LogP contribution in [-0.2, 0) is 4.79 Å². The lowest BCUT2D eigenvalue weighted by molar-refractivity contribution is -0.115. The lowest BCUT2D eigenvalue weighted by Crippen LogP contribution is -2.10. The number of primary amides is 1. The van der Waals surface area contributed by atoms with Gasteiger partial charge < -0.3 is 10.8 Å². The Morgan fingerprint density at radius 3 is 2.17 bits per heavy atom. The highest BCUT2D eigenvalue weighted by Gasteiger charge is 1.81. The highest BCUT2D eigenvalue weighted by molar-refractivity contribution is 14.1. The van der Waals surface area contributed by atoms with Crippen molar-refractivity contribution in [3.8, 4) is 0 Å². The summed E-state index contributed by atoms with van der Waals surface area (Å²) in [7, 11) is 0. The minimum Gasteiger partial charge on any atom is -0.396 e. The fraction of sp³-hybridized carbons (Fsp3) is 0.875. The molecule has 0 atom stereocenters. The second kappa shape index (κ2) is 13.7. The maximum absolute atomic E-state index is 9.58. The van der Waals surface area contributed by atoms with Gasteiger partial charge in [-0.1, -0.05) is 48.8 Å². The van der Waals surface area contributed by atoms with Gasteiger partial charge >= 0.3 is 0 Å². The van der Waals surface area contributed by atoms with Crippen LogP contribution in [0.2, 0.25) is 0 Å². The Bertz CT molecular complexity index is 95.1. The first kappa shape index (κ1) is 14.7. The zero-order valence-corrected chi connectivity index (χ0v) is 9.71. The van der Waals surface area contributed by atoms with E-state index in [0.29, 0.717) is 11.0 Å². The topological polar surface area (TPSA) is 63.3 Å². The monoisotopic (exact) mass is 287 g/mol. The summed E-state index contributed by atoms with van der Waals surface area (Å²) in [5.41, 5.74) is 4.65. The maximum atomic E-state index is 9.58. The normalized spacial score (nSPS) is 8.58. The van der Waals surface area contributed by atoms with Crippen molar-refractivity contribution in [1.82, 2.24) is 0 Å². The van der Waals surface area contributed by atoms with Gasteiger partial charge in [-0.2, -0.15) is 0 Å². The van der Waals surface area contributed by atoms with Crippen LogP contribution < -0.4 is 5.73 Å². The molecule has 0 spiro atoms. The minimum absolute atomic E-state index is 0.259. The molecule has 0 bridgehead atoms. The minimum atomic E-state index is -0.259. The molecule has 0 aliphatic heterocycles. The quantitative estimate of drug-likeness (QED) is 0.457. The molecular formula is C8H18INO2. The summed E-state index contributed by atoms with van der Waals surface area (Å²) in [6.07, 6.45) is 4.68. The highest BCUT2D eigenvalue weighted by Crippen LogP contribution is 1.95. The summed E-state index contributed by atoms with van der Waals surface area (Å²) in [4.78, 5) is 9.58. The predicted octanol–water partition coefficient (Wildman–Crippen LogP) is 1.47. The Morgan fingerprint density at radius 1 is 1.42 bits per heavy atom. The molecule has 12 heavy (non-hydrogen) atoms. The summed E-state index contributed by atoms with van der Waals surface area (Å²) in [5, 5.41) is 8.29. The molecule has 0 saturated carbocycles. The zero-order chi connectivity index (χ0) is 9.82. The van der Waals surface area contributed by atoms with E-state index in [-0.39, 0.29) is 5.91 Å². The van der Waals surface area contributed by atoms with Crippen LogP contribution in [0.25, 0.3) is 0 Å². The number of carbonyl (C=O) groups excluding carboxylic acids is 1. The number of halogens is 1. The Morgan fingerprint density at radius 2 is 1.92 bits per heavy atom. The van der Waals surface area contributed by atoms with Crippen molar-refractivity contribution in [2.45, 2.75) is 32.6 Å². The molecule has 0 aromatic heterocycles. The standard InChI is InChI=1S/C6H14O.C2H4INO/c1-2-3-4-5-6-7;3-1-2(4)5/h7H,2-6H2,1H3;1H2,(H2,4,5). The summed E-state index contributed by atoms with van der Waals surface area (Å²) in [6, 6.07) is 0. The van der Waals surface area contributed by atoms with E-state index in [4.69, 9.17) is 5.11 Å². The molecule has 0 aromatic carbocycles. The molecular weight excluding hydrogens is 269 g/mol. The van der Waals surface area contributed by atoms with Crippen molar-refractivity contribution < 1.29 is 9.90 Å². The lowest BCUT2D eigenvalue weighted by atomic mass is 10.2. The molecule has 0 rings (SSSR count). The molecule has 3 nitrogen and oxygen atoms in total. The van der Waals surface area contributed by atoms with Gasteiger partial charge in [0, 0.05) is 6.61 Å². The molecule has 0 aliphatic carbocycles. The molecule has 0 aliphatic rings. The van der Waals surface area contributed by atoms with Gasteiger partial charge in [0.1, 0.15) is 0 Å². The molecule has 4 heteroatoms. The second-order valence-corrected chi connectivity index (χ2v) is 3.15. The molecule has 0 aromatic rings. The Balaban J connectivity index is 0. The van der Waals surface area contributed by atoms with Gasteiger partial charge in [0.05, 0.1) is 4.43 Å². The third-order valence-electron chi connectivity index (χ3n) is 1.14. The number of unbranched alkanes of at least 4 members (excludes halogenated alkanes) is 3. The number of rotatable bonds is 5. The van der Waals surface area contributed by atoms with Crippen LogP contribution >= 0.6 is 22.6 Å². The third kappa shape index (κ3) is 22.5. The van der Waals surface area contributed by atoms with Crippen LogP contribution in [-0.4, -0.2) is 22.0 Å². The van der Waals surface area contributed by atoms with Crippen molar-refractivity contribution >= 4 is 28.5 Å². The summed E-state index contributed by atoms with van der Waals surface area (Å²) in [5.74, 6) is -0.259. The first-order valence-electron chi connectivity index (χ1n) is 4.14. The molecule has 1 amide bonds. The number of alkyl halides is 1. The van der Waals surface area contributed by atoms with E-state index < -0.39 is 0 Å². The van der Waals surface area contributed by atoms with E-state index >= 15 is 0 Å². The highest BCUT2D eigenvalue weighted by atomic mass is 127. The molecule has 0 saturated heterocycles. The van der Waals surface area contributed by atoms with Crippen LogP contribution in [0.1, 0.15) is 32.6 Å². The van der Waals surface area contributed by atoms with Gasteiger partial charge in [-0.15, -0.1) is 0 Å². The first-order chi connectivity index (χ1) is 5.68. The molecule has 0 radical (unpaired) electrons. The van der Waals surface area contributed by atoms with Gasteiger partial charge in [-0.05, 0) is 6.42 Å². The first-order valence-corrected chi connectivity index (χ1v) is 5.66. The van der Waals surface area contributed by atoms with Crippen molar-refractivity contribution in [1.29, 1.82) is 0 Å². The van der Waals surface area contributed by atoms with Crippen LogP contribution in [0.4, 0.5) is 0 Å². The number of amides is 1. The van der Waals surface area contributed by atoms with Crippen LogP contribution in [0.3, 0.4) is 0 Å². The van der Waals surface area contributed by atoms with Crippen LogP contribution in [0.5, 0.6) is 0 Å². The van der Waals surface area contributed by atoms with E-state index in [9.17, 15) is 4.79 Å². The zero-order valence-electron chi connectivity index (χ0n) is 7.55. The van der Waals surface area contributed by atoms with Crippen LogP contribution in [0, 0.1) is 0 Å². The van der Waals surface area contributed by atoms with Crippen molar-refractivity contribution in [3.05, 3.63) is 0 Å². The van der Waals surface area contributed by atoms with Crippen molar-refractivity contribution in [2.24, 2.45) is 5.73 Å². The largest absolute Gasteiger partial charge is 0.396 e. The van der Waals surface area contributed by atoms with E-state index in [1.807, 2.05) is 22.6 Å². The molecule has 0 fully saturated rings. The lowest BCUT2D eigenvalue weighted by Gasteiger charge is -1.90. The Labute approximate surface area is 87.9 Å². The number of nitrogens with two attached hydrogens (primary N) is 1. The van der Waals surface area contributed by atoms with Gasteiger partial charge in [-0.25, -0.2) is 0 Å².